The number of carbonyl (C=O) groups is 2. The van der Waals surface area contributed by atoms with Gasteiger partial charge in [-0.15, -0.1) is 0 Å². The van der Waals surface area contributed by atoms with E-state index in [1.54, 1.807) is 0 Å². The first kappa shape index (κ1) is 50.7. The highest BCUT2D eigenvalue weighted by molar-refractivity contribution is 8.26. The van der Waals surface area contributed by atoms with Crippen LogP contribution in [0.2, 0.25) is 10.0 Å². The van der Waals surface area contributed by atoms with Gasteiger partial charge < -0.3 is 14.6 Å². The fourth-order valence-electron chi connectivity index (χ4n) is 3.55. The van der Waals surface area contributed by atoms with Crippen LogP contribution in [0.25, 0.3) is 0 Å². The molecule has 0 bridgehead atoms. The number of aliphatic carboxylic acids is 1. The van der Waals surface area contributed by atoms with Crippen molar-refractivity contribution in [3.05, 3.63) is 129 Å². The quantitative estimate of drug-likeness (QED) is 0.107. The molecule has 0 heterocycles. The van der Waals surface area contributed by atoms with Crippen molar-refractivity contribution in [2.24, 2.45) is 0 Å². The second kappa shape index (κ2) is 25.1. The maximum Gasteiger partial charge on any atom is 0.416 e. The van der Waals surface area contributed by atoms with Gasteiger partial charge >= 0.3 is 18.3 Å². The molecule has 0 saturated heterocycles. The Balaban J connectivity index is 0.000000432. The molecule has 1 aliphatic rings. The molecule has 0 aromatic heterocycles. The Morgan fingerprint density at radius 1 is 0.636 bits per heavy atom. The van der Waals surface area contributed by atoms with Crippen LogP contribution in [0.5, 0.6) is 11.5 Å². The molecule has 0 radical (unpaired) electrons. The van der Waals surface area contributed by atoms with E-state index in [-0.39, 0.29) is 17.1 Å². The van der Waals surface area contributed by atoms with Crippen LogP contribution in [0, 0.1) is 0 Å². The smallest absolute Gasteiger partial charge is 0.416 e. The number of alkyl halides is 9. The molecule has 6 nitrogen and oxygen atoms in total. The summed E-state index contributed by atoms with van der Waals surface area (Å²) in [6.45, 7) is 0. The van der Waals surface area contributed by atoms with Gasteiger partial charge in [0.05, 0.1) is 11.1 Å². The van der Waals surface area contributed by atoms with Gasteiger partial charge in [-0.2, -0.15) is 26.3 Å². The predicted octanol–water partition coefficient (Wildman–Crippen LogP) is 14.0. The number of hydrogen-bond donors (Lipinski definition) is 1. The Kier molecular flexibility index (Phi) is 23.2. The minimum Gasteiger partial charge on any atom is -0.478 e. The molecule has 1 saturated carbocycles. The van der Waals surface area contributed by atoms with Gasteiger partial charge in [-0.1, -0.05) is 114 Å². The van der Waals surface area contributed by atoms with E-state index < -0.39 is 60.4 Å². The number of carbonyl (C=O) groups excluding carboxylic acids is 1. The molecule has 0 aliphatic heterocycles. The third kappa shape index (κ3) is 22.9. The molecule has 2 atom stereocenters. The highest BCUT2D eigenvalue weighted by Crippen LogP contribution is 2.34. The van der Waals surface area contributed by atoms with E-state index in [0.29, 0.717) is 15.6 Å². The molecular formula is C34H26Cl8F6O6S. The molecule has 2 unspecified atom stereocenters. The number of halogens is 14. The predicted molar refractivity (Wildman–Crippen MR) is 206 cm³/mol. The molecule has 0 amide bonds. The summed E-state index contributed by atoms with van der Waals surface area (Å²) in [4.78, 5) is 22.8. The average molecular weight is 960 g/mol. The van der Waals surface area contributed by atoms with Crippen molar-refractivity contribution in [3.63, 3.8) is 0 Å². The van der Waals surface area contributed by atoms with Crippen molar-refractivity contribution in [1.82, 2.24) is 0 Å². The Bertz CT molecular complexity index is 1670. The largest absolute Gasteiger partial charge is 0.478 e. The first-order valence-corrected chi connectivity index (χ1v) is 20.0. The number of rotatable bonds is 8. The van der Waals surface area contributed by atoms with E-state index in [0.717, 1.165) is 30.3 Å². The maximum absolute atomic E-state index is 12.7. The van der Waals surface area contributed by atoms with Crippen LogP contribution in [0.3, 0.4) is 0 Å². The molecule has 4 aromatic carbocycles. The van der Waals surface area contributed by atoms with Crippen LogP contribution < -0.4 is 9.47 Å². The van der Waals surface area contributed by atoms with E-state index in [1.807, 2.05) is 0 Å². The first-order chi connectivity index (χ1) is 25.5. The molecule has 55 heavy (non-hydrogen) atoms. The number of ether oxygens (including phenoxy) is 2. The number of benzene rings is 4. The third-order valence-electron chi connectivity index (χ3n) is 5.96. The van der Waals surface area contributed by atoms with Crippen LogP contribution in [0.1, 0.15) is 53.7 Å². The van der Waals surface area contributed by atoms with E-state index in [2.05, 4.69) is 21.4 Å². The van der Waals surface area contributed by atoms with Crippen molar-refractivity contribution in [2.75, 3.05) is 0 Å². The molecule has 21 heteroatoms. The Labute approximate surface area is 352 Å². The summed E-state index contributed by atoms with van der Waals surface area (Å²) in [5.74, 6) is -1.61. The van der Waals surface area contributed by atoms with Gasteiger partial charge in [0.25, 0.3) is 5.24 Å². The molecule has 1 fully saturated rings. The van der Waals surface area contributed by atoms with Gasteiger partial charge in [0.15, 0.2) is 10.4 Å². The van der Waals surface area contributed by atoms with Gasteiger partial charge in [-0.3, -0.25) is 4.79 Å². The van der Waals surface area contributed by atoms with Crippen LogP contribution in [-0.4, -0.2) is 24.8 Å². The van der Waals surface area contributed by atoms with Gasteiger partial charge in [0.2, 0.25) is 15.3 Å². The number of carboxylic acid groups (broad SMARTS) is 1. The molecule has 1 N–H and O–H groups in total. The molecule has 4 aromatic rings. The zero-order chi connectivity index (χ0) is 41.9. The molecular weight excluding hydrogens is 934 g/mol. The van der Waals surface area contributed by atoms with E-state index in [1.165, 1.54) is 86.0 Å². The lowest BCUT2D eigenvalue weighted by atomic mass is 10.1. The second-order valence-electron chi connectivity index (χ2n) is 10.3. The summed E-state index contributed by atoms with van der Waals surface area (Å²) in [7, 11) is 7.36. The van der Waals surface area contributed by atoms with E-state index in [4.69, 9.17) is 83.3 Å². The number of carboxylic acids is 1. The first-order valence-electron chi connectivity index (χ1n) is 14.8. The average Bonchev–Trinajstić information content (AvgIpc) is 3.97. The van der Waals surface area contributed by atoms with Gasteiger partial charge in [0, 0.05) is 42.5 Å². The van der Waals surface area contributed by atoms with E-state index >= 15 is 0 Å². The highest BCUT2D eigenvalue weighted by atomic mass is 36.0. The monoisotopic (exact) mass is 956 g/mol. The minimum atomic E-state index is -4.53. The zero-order valence-corrected chi connectivity index (χ0v) is 34.1. The fourth-order valence-corrected chi connectivity index (χ4v) is 3.97. The highest BCUT2D eigenvalue weighted by Gasteiger charge is 2.32. The number of hydrogen-bond acceptors (Lipinski definition) is 5. The van der Waals surface area contributed by atoms with Crippen molar-refractivity contribution in [3.8, 4) is 11.5 Å². The molecule has 5 rings (SSSR count). The van der Waals surface area contributed by atoms with Crippen LogP contribution >= 0.6 is 91.0 Å². The zero-order valence-electron chi connectivity index (χ0n) is 27.3. The normalized spacial score (nSPS) is 12.8. The molecule has 302 valence electrons. The third-order valence-corrected chi connectivity index (χ3v) is 6.66. The van der Waals surface area contributed by atoms with Gasteiger partial charge in [-0.05, 0) is 72.3 Å². The van der Waals surface area contributed by atoms with Crippen LogP contribution in [0.4, 0.5) is 26.3 Å². The summed E-state index contributed by atoms with van der Waals surface area (Å²) in [5, 5.41) is 9.22. The maximum atomic E-state index is 12.7. The van der Waals surface area contributed by atoms with Crippen molar-refractivity contribution >= 4 is 111 Å². The lowest BCUT2D eigenvalue weighted by molar-refractivity contribution is -0.145. The Hall–Kier alpha value is -2.33. The SMILES string of the molecule is C1CC1.ClC(Cl)Cl.O=C(Cl)C(Oc1cccc(C(F)(F)F)c1)c1ccc(Cl)cc1.O=C(O)C(Oc1cccc(C(F)(F)F)c1)c1ccc(Cl)cc1.O=S(Cl)Cl. The summed E-state index contributed by atoms with van der Waals surface area (Å²) in [6, 6.07) is 20.2. The summed E-state index contributed by atoms with van der Waals surface area (Å²) < 4.78 is 94.8. The van der Waals surface area contributed by atoms with Gasteiger partial charge in [-0.25, -0.2) is 9.00 Å². The second-order valence-corrected chi connectivity index (χ2v) is 16.0. The fraction of sp³-hybridized carbons (Fsp3) is 0.235. The van der Waals surface area contributed by atoms with E-state index in [9.17, 15) is 41.0 Å². The topological polar surface area (TPSA) is 89.9 Å². The molecule has 1 aliphatic carbocycles. The standard InChI is InChI=1S/C15H9Cl2F3O2.C15H10ClF3O3.C3H6.CHCl3.Cl2OS/c16-11-6-4-9(5-7-11)13(14(17)21)22-12-3-1-2-10(8-12)15(18,19)20;16-11-6-4-9(5-7-11)13(14(20)21)22-12-3-1-2-10(8-12)15(17,18)19;1-2-3-1;2-1(3)4;1-4(2)3/h1-8,13H;1-8,13H,(H,20,21);1-3H2;1H;. The van der Waals surface area contributed by atoms with Crippen LogP contribution in [0.15, 0.2) is 97.1 Å². The van der Waals surface area contributed by atoms with Gasteiger partial charge in [0.1, 0.15) is 11.5 Å². The van der Waals surface area contributed by atoms with Crippen molar-refractivity contribution in [2.45, 2.75) is 48.1 Å². The summed E-state index contributed by atoms with van der Waals surface area (Å²) in [5.41, 5.74) is -1.12. The van der Waals surface area contributed by atoms with Crippen LogP contribution in [-0.2, 0) is 31.2 Å². The Morgan fingerprint density at radius 2 is 0.945 bits per heavy atom. The lowest BCUT2D eigenvalue weighted by Gasteiger charge is -2.17. The lowest BCUT2D eigenvalue weighted by Crippen LogP contribution is -2.18. The summed E-state index contributed by atoms with van der Waals surface area (Å²) in [6.07, 6.45) is -7.18. The van der Waals surface area contributed by atoms with Crippen molar-refractivity contribution < 1.29 is 54.7 Å². The Morgan fingerprint density at radius 3 is 1.22 bits per heavy atom. The minimum absolute atomic E-state index is 0.108. The van der Waals surface area contributed by atoms with Crippen molar-refractivity contribution in [1.29, 1.82) is 0 Å². The summed E-state index contributed by atoms with van der Waals surface area (Å²) >= 11 is 31.4. The molecule has 0 spiro atoms.